The molecule has 0 bridgehead atoms. The first-order chi connectivity index (χ1) is 2.89. The predicted octanol–water partition coefficient (Wildman–Crippen LogP) is -0.193. The Morgan fingerprint density at radius 3 is 2.83 bits per heavy atom. The van der Waals surface area contributed by atoms with Crippen molar-refractivity contribution in [2.45, 2.75) is 0 Å². The summed E-state index contributed by atoms with van der Waals surface area (Å²) < 4.78 is 0. The minimum absolute atomic E-state index is 0.259. The van der Waals surface area contributed by atoms with Crippen molar-refractivity contribution in [2.75, 3.05) is 12.4 Å². The van der Waals surface area contributed by atoms with Gasteiger partial charge in [0.2, 0.25) is 5.12 Å². The summed E-state index contributed by atoms with van der Waals surface area (Å²) in [6.07, 6.45) is 0. The number of carbonyl (C=O) groups excluding carboxylic acids is 1. The van der Waals surface area contributed by atoms with E-state index in [0.29, 0.717) is 6.54 Å². The van der Waals surface area contributed by atoms with Crippen LogP contribution in [-0.4, -0.2) is 17.5 Å². The van der Waals surface area contributed by atoms with Crippen molar-refractivity contribution in [3.8, 4) is 0 Å². The molecule has 0 aromatic rings. The fourth-order valence-corrected chi connectivity index (χ4v) is 0.905. The van der Waals surface area contributed by atoms with Crippen molar-refractivity contribution in [1.82, 2.24) is 5.32 Å². The van der Waals surface area contributed by atoms with Crippen molar-refractivity contribution in [1.29, 1.82) is 0 Å². The molecule has 0 atom stereocenters. The highest BCUT2D eigenvalue weighted by Gasteiger charge is 2.06. The van der Waals surface area contributed by atoms with E-state index in [1.54, 1.807) is 0 Å². The van der Waals surface area contributed by atoms with Crippen molar-refractivity contribution < 1.29 is 4.79 Å². The Hall–Kier alpha value is -0.0200. The van der Waals surface area contributed by atoms with Crippen molar-refractivity contribution in [3.63, 3.8) is 0 Å². The van der Waals surface area contributed by atoms with Gasteiger partial charge in [-0.3, -0.25) is 10.1 Å². The van der Waals surface area contributed by atoms with Gasteiger partial charge in [-0.25, -0.2) is 0 Å². The monoisotopic (exact) mass is 103 g/mol. The Balaban J connectivity index is 2.37. The van der Waals surface area contributed by atoms with Crippen LogP contribution in [0, 0.1) is 0 Å². The van der Waals surface area contributed by atoms with E-state index >= 15 is 0 Å². The fraction of sp³-hybridized carbons (Fsp3) is 0.667. The molecule has 1 rings (SSSR count). The van der Waals surface area contributed by atoms with Gasteiger partial charge in [0, 0.05) is 5.88 Å². The summed E-state index contributed by atoms with van der Waals surface area (Å²) in [5.41, 5.74) is 0. The van der Waals surface area contributed by atoms with Gasteiger partial charge in [0.25, 0.3) is 0 Å². The molecule has 0 aromatic heterocycles. The topological polar surface area (TPSA) is 29.1 Å². The summed E-state index contributed by atoms with van der Waals surface area (Å²) in [6, 6.07) is 0. The minimum Gasteiger partial charge on any atom is -0.300 e. The first-order valence-electron chi connectivity index (χ1n) is 1.76. The molecule has 2 nitrogen and oxygen atoms in total. The molecule has 0 saturated carbocycles. The molecule has 34 valence electrons. The van der Waals surface area contributed by atoms with Crippen LogP contribution in [0.4, 0.5) is 0 Å². The van der Waals surface area contributed by atoms with E-state index < -0.39 is 0 Å². The van der Waals surface area contributed by atoms with Crippen molar-refractivity contribution >= 4 is 16.9 Å². The molecular weight excluding hydrogens is 98.1 g/mol. The lowest BCUT2D eigenvalue weighted by molar-refractivity contribution is -0.109. The molecule has 1 saturated heterocycles. The maximum Gasteiger partial charge on any atom is 0.203 e. The van der Waals surface area contributed by atoms with Crippen molar-refractivity contribution in [3.05, 3.63) is 0 Å². The van der Waals surface area contributed by atoms with Gasteiger partial charge >= 0.3 is 0 Å². The Morgan fingerprint density at radius 1 is 1.83 bits per heavy atom. The van der Waals surface area contributed by atoms with Crippen LogP contribution in [0.2, 0.25) is 0 Å². The number of hydrogen-bond donors (Lipinski definition) is 1. The zero-order valence-electron chi connectivity index (χ0n) is 3.23. The number of hydrogen-bond acceptors (Lipinski definition) is 3. The number of nitrogens with one attached hydrogen (secondary N) is 1. The highest BCUT2D eigenvalue weighted by Crippen LogP contribution is 2.02. The Bertz CT molecular complexity index is 65.2. The zero-order chi connectivity index (χ0) is 4.41. The fourth-order valence-electron chi connectivity index (χ4n) is 0.336. The van der Waals surface area contributed by atoms with Gasteiger partial charge in [-0.15, -0.1) is 0 Å². The second-order valence-electron chi connectivity index (χ2n) is 1.09. The number of carbonyl (C=O) groups is 1. The van der Waals surface area contributed by atoms with Crippen LogP contribution in [0.25, 0.3) is 0 Å². The van der Waals surface area contributed by atoms with Gasteiger partial charge in [-0.2, -0.15) is 0 Å². The Morgan fingerprint density at radius 2 is 2.67 bits per heavy atom. The van der Waals surface area contributed by atoms with E-state index in [9.17, 15) is 4.79 Å². The Labute approximate surface area is 40.3 Å². The highest BCUT2D eigenvalue weighted by molar-refractivity contribution is 8.14. The third kappa shape index (κ3) is 0.725. The highest BCUT2D eigenvalue weighted by atomic mass is 32.2. The van der Waals surface area contributed by atoms with Crippen LogP contribution >= 0.6 is 11.8 Å². The molecule has 0 radical (unpaired) electrons. The molecule has 3 heteroatoms. The molecule has 1 N–H and O–H groups in total. The molecule has 0 unspecified atom stereocenters. The van der Waals surface area contributed by atoms with Crippen LogP contribution in [-0.2, 0) is 4.79 Å². The average Bonchev–Trinajstić information content (AvgIpc) is 1.86. The van der Waals surface area contributed by atoms with Gasteiger partial charge in [-0.05, 0) is 0 Å². The number of rotatable bonds is 0. The second-order valence-corrected chi connectivity index (χ2v) is 2.12. The lowest BCUT2D eigenvalue weighted by atomic mass is 10.7. The summed E-state index contributed by atoms with van der Waals surface area (Å²) in [7, 11) is 0. The third-order valence-electron chi connectivity index (χ3n) is 0.605. The summed E-state index contributed by atoms with van der Waals surface area (Å²) in [4.78, 5) is 10.1. The number of thioether (sulfide) groups is 1. The molecule has 6 heavy (non-hydrogen) atoms. The molecule has 1 aliphatic rings. The first kappa shape index (κ1) is 4.15. The van der Waals surface area contributed by atoms with E-state index in [4.69, 9.17) is 0 Å². The quantitative estimate of drug-likeness (QED) is 0.460. The molecule has 1 fully saturated rings. The second kappa shape index (κ2) is 1.62. The lowest BCUT2D eigenvalue weighted by Crippen LogP contribution is -2.07. The van der Waals surface area contributed by atoms with Crippen LogP contribution in [0.15, 0.2) is 0 Å². The molecule has 1 aliphatic heterocycles. The van der Waals surface area contributed by atoms with Crippen molar-refractivity contribution in [2.24, 2.45) is 0 Å². The maximum atomic E-state index is 10.1. The third-order valence-corrected chi connectivity index (χ3v) is 1.42. The van der Waals surface area contributed by atoms with Gasteiger partial charge < -0.3 is 0 Å². The predicted molar refractivity (Wildman–Crippen MR) is 25.5 cm³/mol. The normalized spacial score (nSPS) is 22.3. The SMILES string of the molecule is O=C1CNCS1. The molecule has 0 aliphatic carbocycles. The lowest BCUT2D eigenvalue weighted by Gasteiger charge is -1.73. The summed E-state index contributed by atoms with van der Waals surface area (Å²) >= 11 is 1.35. The van der Waals surface area contributed by atoms with Crippen LogP contribution in [0.3, 0.4) is 0 Å². The maximum absolute atomic E-state index is 10.1. The van der Waals surface area contributed by atoms with E-state index in [1.807, 2.05) is 0 Å². The van der Waals surface area contributed by atoms with Gasteiger partial charge in [0.05, 0.1) is 6.54 Å². The van der Waals surface area contributed by atoms with Crippen LogP contribution in [0.1, 0.15) is 0 Å². The van der Waals surface area contributed by atoms with Crippen LogP contribution < -0.4 is 5.32 Å². The smallest absolute Gasteiger partial charge is 0.203 e. The van der Waals surface area contributed by atoms with Gasteiger partial charge in [-0.1, -0.05) is 11.8 Å². The van der Waals surface area contributed by atoms with E-state index in [1.165, 1.54) is 11.8 Å². The van der Waals surface area contributed by atoms with Crippen LogP contribution in [0.5, 0.6) is 0 Å². The van der Waals surface area contributed by atoms with Gasteiger partial charge in [0.15, 0.2) is 0 Å². The summed E-state index contributed by atoms with van der Waals surface area (Å²) in [6.45, 7) is 0.560. The summed E-state index contributed by atoms with van der Waals surface area (Å²) in [5.74, 6) is 0.804. The first-order valence-corrected chi connectivity index (χ1v) is 2.74. The minimum atomic E-state index is 0.259. The molecule has 0 spiro atoms. The Kier molecular flexibility index (Phi) is 1.12. The van der Waals surface area contributed by atoms with E-state index in [0.717, 1.165) is 5.88 Å². The molecule has 0 aromatic carbocycles. The molecule has 0 amide bonds. The zero-order valence-corrected chi connectivity index (χ0v) is 4.05. The molecule has 1 heterocycles. The molecular formula is C3H5NOS. The largest absolute Gasteiger partial charge is 0.300 e. The average molecular weight is 103 g/mol. The van der Waals surface area contributed by atoms with Gasteiger partial charge in [0.1, 0.15) is 0 Å². The van der Waals surface area contributed by atoms with E-state index in [2.05, 4.69) is 5.32 Å². The summed E-state index contributed by atoms with van der Waals surface area (Å²) in [5, 5.41) is 3.14. The van der Waals surface area contributed by atoms with E-state index in [-0.39, 0.29) is 5.12 Å². The standard InChI is InChI=1S/C3H5NOS/c5-3-1-4-2-6-3/h4H,1-2H2.